The SMILES string of the molecule is COc1ccc2c(c1)C(CCNC(=O)C1CCCC1)c1cc(OC)ccc1-2. The van der Waals surface area contributed by atoms with Gasteiger partial charge < -0.3 is 14.8 Å². The molecule has 2 aromatic carbocycles. The molecular formula is C23H27NO3. The lowest BCUT2D eigenvalue weighted by Gasteiger charge is -2.16. The normalized spacial score (nSPS) is 16.1. The Balaban J connectivity index is 1.56. The number of carbonyl (C=O) groups excluding carboxylic acids is 1. The molecule has 1 fully saturated rings. The largest absolute Gasteiger partial charge is 0.497 e. The minimum Gasteiger partial charge on any atom is -0.497 e. The Morgan fingerprint density at radius 1 is 0.963 bits per heavy atom. The van der Waals surface area contributed by atoms with E-state index >= 15 is 0 Å². The fourth-order valence-corrected chi connectivity index (χ4v) is 4.55. The summed E-state index contributed by atoms with van der Waals surface area (Å²) < 4.78 is 10.9. The zero-order valence-corrected chi connectivity index (χ0v) is 16.1. The number of amides is 1. The third-order valence-electron chi connectivity index (χ3n) is 6.02. The summed E-state index contributed by atoms with van der Waals surface area (Å²) >= 11 is 0. The first-order valence-electron chi connectivity index (χ1n) is 9.85. The molecule has 0 atom stereocenters. The molecule has 0 heterocycles. The average Bonchev–Trinajstić information content (AvgIpc) is 3.34. The van der Waals surface area contributed by atoms with Crippen molar-refractivity contribution in [1.82, 2.24) is 5.32 Å². The van der Waals surface area contributed by atoms with Crippen LogP contribution in [0.3, 0.4) is 0 Å². The summed E-state index contributed by atoms with van der Waals surface area (Å²) in [5.41, 5.74) is 5.04. The number of hydrogen-bond donors (Lipinski definition) is 1. The van der Waals surface area contributed by atoms with Crippen LogP contribution in [0, 0.1) is 5.92 Å². The predicted molar refractivity (Wildman–Crippen MR) is 106 cm³/mol. The molecule has 0 bridgehead atoms. The van der Waals surface area contributed by atoms with Gasteiger partial charge in [0.25, 0.3) is 0 Å². The molecule has 0 spiro atoms. The van der Waals surface area contributed by atoms with Crippen molar-refractivity contribution in [3.63, 3.8) is 0 Å². The minimum atomic E-state index is 0.216. The summed E-state index contributed by atoms with van der Waals surface area (Å²) in [4.78, 5) is 12.4. The number of nitrogens with one attached hydrogen (secondary N) is 1. The third kappa shape index (κ3) is 3.41. The third-order valence-corrected chi connectivity index (χ3v) is 6.02. The van der Waals surface area contributed by atoms with Crippen LogP contribution in [0.5, 0.6) is 11.5 Å². The molecule has 4 heteroatoms. The van der Waals surface area contributed by atoms with Crippen molar-refractivity contribution in [2.24, 2.45) is 5.92 Å². The van der Waals surface area contributed by atoms with Gasteiger partial charge in [0, 0.05) is 18.4 Å². The van der Waals surface area contributed by atoms with E-state index in [4.69, 9.17) is 9.47 Å². The molecular weight excluding hydrogens is 338 g/mol. The van der Waals surface area contributed by atoms with Crippen LogP contribution in [0.4, 0.5) is 0 Å². The minimum absolute atomic E-state index is 0.216. The number of fused-ring (bicyclic) bond motifs is 3. The molecule has 4 nitrogen and oxygen atoms in total. The fraction of sp³-hybridized carbons (Fsp3) is 0.435. The van der Waals surface area contributed by atoms with E-state index in [1.54, 1.807) is 14.2 Å². The van der Waals surface area contributed by atoms with Crippen LogP contribution >= 0.6 is 0 Å². The van der Waals surface area contributed by atoms with E-state index in [0.717, 1.165) is 30.8 Å². The van der Waals surface area contributed by atoms with Crippen molar-refractivity contribution in [1.29, 1.82) is 0 Å². The summed E-state index contributed by atoms with van der Waals surface area (Å²) in [5.74, 6) is 2.42. The zero-order valence-electron chi connectivity index (χ0n) is 16.1. The summed E-state index contributed by atoms with van der Waals surface area (Å²) in [6, 6.07) is 12.6. The molecule has 1 saturated carbocycles. The Hall–Kier alpha value is -2.49. The number of carbonyl (C=O) groups is 1. The molecule has 1 amide bonds. The van der Waals surface area contributed by atoms with E-state index in [1.807, 2.05) is 12.1 Å². The molecule has 2 aliphatic carbocycles. The number of methoxy groups -OCH3 is 2. The van der Waals surface area contributed by atoms with Crippen LogP contribution in [0.2, 0.25) is 0 Å². The van der Waals surface area contributed by atoms with Gasteiger partial charge in [-0.2, -0.15) is 0 Å². The standard InChI is InChI=1S/C23H27NO3/c1-26-16-7-9-18-19-10-8-17(27-2)14-22(19)20(21(18)13-16)11-12-24-23(25)15-5-3-4-6-15/h7-10,13-15,20H,3-6,11-12H2,1-2H3,(H,24,25). The molecule has 2 aromatic rings. The highest BCUT2D eigenvalue weighted by Gasteiger charge is 2.30. The Bertz CT molecular complexity index is 786. The maximum absolute atomic E-state index is 12.4. The molecule has 142 valence electrons. The highest BCUT2D eigenvalue weighted by Crippen LogP contribution is 2.48. The smallest absolute Gasteiger partial charge is 0.223 e. The molecule has 0 saturated heterocycles. The lowest BCUT2D eigenvalue weighted by atomic mass is 9.93. The first-order chi connectivity index (χ1) is 13.2. The van der Waals surface area contributed by atoms with Crippen LogP contribution in [0.1, 0.15) is 49.1 Å². The van der Waals surface area contributed by atoms with Gasteiger partial charge in [-0.1, -0.05) is 25.0 Å². The molecule has 1 N–H and O–H groups in total. The van der Waals surface area contributed by atoms with Crippen LogP contribution in [0.25, 0.3) is 11.1 Å². The second-order valence-electron chi connectivity index (χ2n) is 7.52. The van der Waals surface area contributed by atoms with Crippen LogP contribution < -0.4 is 14.8 Å². The lowest BCUT2D eigenvalue weighted by molar-refractivity contribution is -0.124. The van der Waals surface area contributed by atoms with Gasteiger partial charge in [-0.05, 0) is 65.8 Å². The molecule has 0 aromatic heterocycles. The van der Waals surface area contributed by atoms with Crippen LogP contribution in [0.15, 0.2) is 36.4 Å². The second-order valence-corrected chi connectivity index (χ2v) is 7.52. The van der Waals surface area contributed by atoms with Gasteiger partial charge in [-0.25, -0.2) is 0 Å². The van der Waals surface area contributed by atoms with Crippen molar-refractivity contribution < 1.29 is 14.3 Å². The van der Waals surface area contributed by atoms with E-state index in [0.29, 0.717) is 6.54 Å². The quantitative estimate of drug-likeness (QED) is 0.819. The summed E-state index contributed by atoms with van der Waals surface area (Å²) in [7, 11) is 3.40. The summed E-state index contributed by atoms with van der Waals surface area (Å²) in [5, 5.41) is 3.17. The van der Waals surface area contributed by atoms with Gasteiger partial charge in [-0.15, -0.1) is 0 Å². The average molecular weight is 365 g/mol. The Kier molecular flexibility index (Phi) is 5.06. The van der Waals surface area contributed by atoms with E-state index < -0.39 is 0 Å². The zero-order chi connectivity index (χ0) is 18.8. The Morgan fingerprint density at radius 3 is 2.04 bits per heavy atom. The number of ether oxygens (including phenoxy) is 2. The topological polar surface area (TPSA) is 47.6 Å². The van der Waals surface area contributed by atoms with E-state index in [2.05, 4.69) is 29.6 Å². The second kappa shape index (κ2) is 7.63. The predicted octanol–water partition coefficient (Wildman–Crippen LogP) is 4.51. The van der Waals surface area contributed by atoms with Gasteiger partial charge in [0.2, 0.25) is 5.91 Å². The molecule has 0 radical (unpaired) electrons. The van der Waals surface area contributed by atoms with Gasteiger partial charge in [0.1, 0.15) is 11.5 Å². The van der Waals surface area contributed by atoms with Crippen molar-refractivity contribution in [2.45, 2.75) is 38.0 Å². The number of rotatable bonds is 6. The van der Waals surface area contributed by atoms with E-state index in [1.165, 1.54) is 35.1 Å². The summed E-state index contributed by atoms with van der Waals surface area (Å²) in [6.07, 6.45) is 5.31. The maximum atomic E-state index is 12.4. The van der Waals surface area contributed by atoms with Crippen molar-refractivity contribution >= 4 is 5.91 Å². The number of hydrogen-bond acceptors (Lipinski definition) is 3. The Morgan fingerprint density at radius 2 is 1.52 bits per heavy atom. The first kappa shape index (κ1) is 17.9. The van der Waals surface area contributed by atoms with Gasteiger partial charge >= 0.3 is 0 Å². The van der Waals surface area contributed by atoms with Crippen LogP contribution in [-0.4, -0.2) is 26.7 Å². The number of benzene rings is 2. The highest BCUT2D eigenvalue weighted by atomic mass is 16.5. The molecule has 4 rings (SSSR count). The van der Waals surface area contributed by atoms with Gasteiger partial charge in [0.05, 0.1) is 14.2 Å². The fourth-order valence-electron chi connectivity index (χ4n) is 4.55. The lowest BCUT2D eigenvalue weighted by Crippen LogP contribution is -2.30. The van der Waals surface area contributed by atoms with Crippen molar-refractivity contribution in [3.8, 4) is 22.6 Å². The van der Waals surface area contributed by atoms with Crippen LogP contribution in [-0.2, 0) is 4.79 Å². The summed E-state index contributed by atoms with van der Waals surface area (Å²) in [6.45, 7) is 0.688. The van der Waals surface area contributed by atoms with E-state index in [-0.39, 0.29) is 17.7 Å². The van der Waals surface area contributed by atoms with Crippen molar-refractivity contribution in [2.75, 3.05) is 20.8 Å². The first-order valence-corrected chi connectivity index (χ1v) is 9.85. The monoisotopic (exact) mass is 365 g/mol. The molecule has 0 aliphatic heterocycles. The van der Waals surface area contributed by atoms with E-state index in [9.17, 15) is 4.79 Å². The van der Waals surface area contributed by atoms with Crippen molar-refractivity contribution in [3.05, 3.63) is 47.5 Å². The molecule has 0 unspecified atom stereocenters. The van der Waals surface area contributed by atoms with Gasteiger partial charge in [0.15, 0.2) is 0 Å². The molecule has 27 heavy (non-hydrogen) atoms. The molecule has 2 aliphatic rings. The maximum Gasteiger partial charge on any atom is 0.223 e. The Labute approximate surface area is 160 Å². The highest BCUT2D eigenvalue weighted by molar-refractivity contribution is 5.81. The van der Waals surface area contributed by atoms with Gasteiger partial charge in [-0.3, -0.25) is 4.79 Å².